The molecule has 3 N–H and O–H groups in total. The topological polar surface area (TPSA) is 72.2 Å². The van der Waals surface area contributed by atoms with Crippen molar-refractivity contribution in [2.24, 2.45) is 5.14 Å². The van der Waals surface area contributed by atoms with Crippen molar-refractivity contribution in [2.75, 3.05) is 0 Å². The molecular weight excluding hydrogens is 292 g/mol. The molecule has 0 unspecified atom stereocenters. The molecule has 18 heavy (non-hydrogen) atoms. The van der Waals surface area contributed by atoms with Crippen LogP contribution in [-0.4, -0.2) is 8.42 Å². The fraction of sp³-hybridized carbons (Fsp3) is 0.0909. The molecule has 1 aromatic carbocycles. The van der Waals surface area contributed by atoms with Crippen molar-refractivity contribution in [3.63, 3.8) is 0 Å². The number of hydrogen-bond donors (Lipinski definition) is 2. The van der Waals surface area contributed by atoms with E-state index in [0.717, 1.165) is 11.1 Å². The number of nitrogens with two attached hydrogens (primary N) is 1. The Bertz CT molecular complexity index is 609. The monoisotopic (exact) mass is 302 g/mol. The Balaban J connectivity index is 2.39. The summed E-state index contributed by atoms with van der Waals surface area (Å²) in [5.74, 6) is 0. The van der Waals surface area contributed by atoms with Crippen molar-refractivity contribution in [1.82, 2.24) is 4.72 Å². The van der Waals surface area contributed by atoms with E-state index in [1.807, 2.05) is 16.8 Å². The minimum Gasteiger partial charge on any atom is -0.216 e. The van der Waals surface area contributed by atoms with E-state index < -0.39 is 16.3 Å². The molecule has 0 fully saturated rings. The summed E-state index contributed by atoms with van der Waals surface area (Å²) >= 11 is 7.30. The predicted molar refractivity (Wildman–Crippen MR) is 73.9 cm³/mol. The lowest BCUT2D eigenvalue weighted by Crippen LogP contribution is -2.34. The van der Waals surface area contributed by atoms with Gasteiger partial charge in [0.15, 0.2) is 0 Å². The number of benzene rings is 1. The van der Waals surface area contributed by atoms with E-state index in [1.165, 1.54) is 11.3 Å². The zero-order valence-corrected chi connectivity index (χ0v) is 11.6. The van der Waals surface area contributed by atoms with Gasteiger partial charge in [-0.3, -0.25) is 0 Å². The molecule has 1 heterocycles. The Morgan fingerprint density at radius 3 is 2.33 bits per heavy atom. The van der Waals surface area contributed by atoms with E-state index in [4.69, 9.17) is 16.7 Å². The number of hydrogen-bond acceptors (Lipinski definition) is 3. The Morgan fingerprint density at radius 1 is 1.17 bits per heavy atom. The van der Waals surface area contributed by atoms with Gasteiger partial charge in [-0.2, -0.15) is 24.5 Å². The van der Waals surface area contributed by atoms with Crippen LogP contribution in [-0.2, 0) is 10.2 Å². The zero-order chi connectivity index (χ0) is 13.2. The molecular formula is C11H11ClN2O2S2. The second-order valence-electron chi connectivity index (χ2n) is 3.70. The highest BCUT2D eigenvalue weighted by molar-refractivity contribution is 7.87. The largest absolute Gasteiger partial charge is 0.275 e. The van der Waals surface area contributed by atoms with Gasteiger partial charge in [0.1, 0.15) is 0 Å². The maximum Gasteiger partial charge on any atom is 0.275 e. The van der Waals surface area contributed by atoms with Gasteiger partial charge in [-0.25, -0.2) is 5.14 Å². The summed E-state index contributed by atoms with van der Waals surface area (Å²) in [6.45, 7) is 0. The third-order valence-electron chi connectivity index (χ3n) is 2.36. The van der Waals surface area contributed by atoms with Crippen LogP contribution in [0.25, 0.3) is 0 Å². The molecule has 2 rings (SSSR count). The molecule has 0 aliphatic carbocycles. The maximum absolute atomic E-state index is 11.2. The molecule has 0 amide bonds. The summed E-state index contributed by atoms with van der Waals surface area (Å²) in [4.78, 5) is 0. The Labute approximate surface area is 115 Å². The fourth-order valence-corrected chi connectivity index (χ4v) is 3.00. The van der Waals surface area contributed by atoms with Crippen molar-refractivity contribution in [2.45, 2.75) is 6.04 Å². The van der Waals surface area contributed by atoms with E-state index >= 15 is 0 Å². The fourth-order valence-electron chi connectivity index (χ4n) is 1.59. The molecule has 0 aliphatic rings. The first-order valence-electron chi connectivity index (χ1n) is 5.03. The summed E-state index contributed by atoms with van der Waals surface area (Å²) < 4.78 is 24.9. The number of nitrogens with one attached hydrogen (secondary N) is 1. The van der Waals surface area contributed by atoms with Gasteiger partial charge in [-0.05, 0) is 40.1 Å². The van der Waals surface area contributed by atoms with E-state index in [1.54, 1.807) is 24.3 Å². The first-order chi connectivity index (χ1) is 8.46. The van der Waals surface area contributed by atoms with Gasteiger partial charge in [0.2, 0.25) is 0 Å². The molecule has 1 aromatic heterocycles. The lowest BCUT2D eigenvalue weighted by Gasteiger charge is -2.16. The summed E-state index contributed by atoms with van der Waals surface area (Å²) in [5, 5.41) is 9.39. The Morgan fingerprint density at radius 2 is 1.83 bits per heavy atom. The van der Waals surface area contributed by atoms with Crippen LogP contribution in [0.1, 0.15) is 17.2 Å². The van der Waals surface area contributed by atoms with Crippen molar-refractivity contribution < 1.29 is 8.42 Å². The lowest BCUT2D eigenvalue weighted by atomic mass is 10.0. The van der Waals surface area contributed by atoms with Crippen molar-refractivity contribution in [3.05, 3.63) is 57.2 Å². The smallest absolute Gasteiger partial charge is 0.216 e. The van der Waals surface area contributed by atoms with Gasteiger partial charge < -0.3 is 0 Å². The highest BCUT2D eigenvalue weighted by atomic mass is 35.5. The van der Waals surface area contributed by atoms with Gasteiger partial charge in [-0.15, -0.1) is 0 Å². The van der Waals surface area contributed by atoms with Crippen LogP contribution >= 0.6 is 22.9 Å². The van der Waals surface area contributed by atoms with Crippen LogP contribution in [0.4, 0.5) is 0 Å². The highest BCUT2D eigenvalue weighted by Gasteiger charge is 2.18. The van der Waals surface area contributed by atoms with E-state index in [0.29, 0.717) is 5.02 Å². The summed E-state index contributed by atoms with van der Waals surface area (Å²) in [6.07, 6.45) is 0. The lowest BCUT2D eigenvalue weighted by molar-refractivity contribution is 0.574. The molecule has 2 aromatic rings. The maximum atomic E-state index is 11.2. The average Bonchev–Trinajstić information content (AvgIpc) is 2.79. The SMILES string of the molecule is NS(=O)(=O)N[C@@H](c1ccc(Cl)cc1)c1ccsc1. The number of halogens is 1. The molecule has 7 heteroatoms. The van der Waals surface area contributed by atoms with Crippen LogP contribution in [0.2, 0.25) is 5.02 Å². The zero-order valence-electron chi connectivity index (χ0n) is 9.21. The predicted octanol–water partition coefficient (Wildman–Crippen LogP) is 2.28. The van der Waals surface area contributed by atoms with Gasteiger partial charge >= 0.3 is 0 Å². The molecule has 0 saturated carbocycles. The quantitative estimate of drug-likeness (QED) is 0.909. The van der Waals surface area contributed by atoms with Gasteiger partial charge in [0, 0.05) is 5.02 Å². The van der Waals surface area contributed by atoms with Crippen LogP contribution in [0.15, 0.2) is 41.1 Å². The Hall–Kier alpha value is -0.920. The minimum atomic E-state index is -3.79. The van der Waals surface area contributed by atoms with Gasteiger partial charge in [0.05, 0.1) is 6.04 Å². The molecule has 0 spiro atoms. The normalized spacial score (nSPS) is 13.4. The molecule has 0 bridgehead atoms. The van der Waals surface area contributed by atoms with Crippen molar-refractivity contribution >= 4 is 33.1 Å². The van der Waals surface area contributed by atoms with E-state index in [2.05, 4.69) is 4.72 Å². The van der Waals surface area contributed by atoms with Crippen LogP contribution < -0.4 is 9.86 Å². The standard InChI is InChI=1S/C11H11ClN2O2S2/c12-10-3-1-8(2-4-10)11(14-18(13,15)16)9-5-6-17-7-9/h1-7,11,14H,(H2,13,15,16)/t11-/m0/s1. The molecule has 0 aliphatic heterocycles. The van der Waals surface area contributed by atoms with Gasteiger partial charge in [0.25, 0.3) is 10.2 Å². The third kappa shape index (κ3) is 3.54. The van der Waals surface area contributed by atoms with Crippen LogP contribution in [0, 0.1) is 0 Å². The molecule has 0 radical (unpaired) electrons. The van der Waals surface area contributed by atoms with Crippen LogP contribution in [0.3, 0.4) is 0 Å². The highest BCUT2D eigenvalue weighted by Crippen LogP contribution is 2.25. The molecule has 1 atom stereocenters. The Kier molecular flexibility index (Phi) is 4.04. The second-order valence-corrected chi connectivity index (χ2v) is 6.25. The second kappa shape index (κ2) is 5.38. The molecule has 4 nitrogen and oxygen atoms in total. The summed E-state index contributed by atoms with van der Waals surface area (Å²) in [6, 6.07) is 8.30. The first-order valence-corrected chi connectivity index (χ1v) is 7.90. The number of thiophene rings is 1. The molecule has 0 saturated heterocycles. The average molecular weight is 303 g/mol. The minimum absolute atomic E-state index is 0.497. The molecule has 96 valence electrons. The summed E-state index contributed by atoms with van der Waals surface area (Å²) in [7, 11) is -3.79. The summed E-state index contributed by atoms with van der Waals surface area (Å²) in [5.41, 5.74) is 1.63. The number of rotatable bonds is 4. The van der Waals surface area contributed by atoms with Crippen molar-refractivity contribution in [3.8, 4) is 0 Å². The van der Waals surface area contributed by atoms with Crippen LogP contribution in [0.5, 0.6) is 0 Å². The third-order valence-corrected chi connectivity index (χ3v) is 3.88. The van der Waals surface area contributed by atoms with Gasteiger partial charge in [-0.1, -0.05) is 23.7 Å². The first kappa shape index (κ1) is 13.5. The van der Waals surface area contributed by atoms with Crippen molar-refractivity contribution in [1.29, 1.82) is 0 Å². The van der Waals surface area contributed by atoms with E-state index in [9.17, 15) is 8.42 Å². The van der Waals surface area contributed by atoms with E-state index in [-0.39, 0.29) is 0 Å².